The van der Waals surface area contributed by atoms with Crippen molar-refractivity contribution in [2.24, 2.45) is 0 Å². The molecular formula is C15H18N2O3. The number of carbonyl (C=O) groups is 1. The van der Waals surface area contributed by atoms with Gasteiger partial charge in [0.15, 0.2) is 0 Å². The third-order valence-electron chi connectivity index (χ3n) is 3.41. The van der Waals surface area contributed by atoms with Crippen molar-refractivity contribution in [3.05, 3.63) is 29.3 Å². The summed E-state index contributed by atoms with van der Waals surface area (Å²) in [4.78, 5) is 10.7. The highest BCUT2D eigenvalue weighted by Gasteiger charge is 2.15. The monoisotopic (exact) mass is 274 g/mol. The predicted octanol–water partition coefficient (Wildman–Crippen LogP) is 1.71. The van der Waals surface area contributed by atoms with Gasteiger partial charge >= 0.3 is 5.97 Å². The van der Waals surface area contributed by atoms with E-state index in [2.05, 4.69) is 11.4 Å². The van der Waals surface area contributed by atoms with Crippen LogP contribution in [0.3, 0.4) is 0 Å². The highest BCUT2D eigenvalue weighted by Crippen LogP contribution is 2.22. The zero-order valence-corrected chi connectivity index (χ0v) is 11.3. The topological polar surface area (TPSA) is 82.4 Å². The first-order valence-corrected chi connectivity index (χ1v) is 6.80. The van der Waals surface area contributed by atoms with Crippen molar-refractivity contribution in [3.63, 3.8) is 0 Å². The van der Waals surface area contributed by atoms with E-state index in [4.69, 9.17) is 15.1 Å². The van der Waals surface area contributed by atoms with E-state index in [9.17, 15) is 4.79 Å². The minimum atomic E-state index is -0.835. The van der Waals surface area contributed by atoms with Crippen molar-refractivity contribution < 1.29 is 14.6 Å². The van der Waals surface area contributed by atoms with Crippen LogP contribution in [0.2, 0.25) is 0 Å². The maximum Gasteiger partial charge on any atom is 0.303 e. The van der Waals surface area contributed by atoms with Crippen LogP contribution in [0.25, 0.3) is 0 Å². The molecule has 1 atom stereocenters. The molecule has 1 aliphatic rings. The van der Waals surface area contributed by atoms with Gasteiger partial charge in [-0.1, -0.05) is 6.07 Å². The largest absolute Gasteiger partial charge is 0.492 e. The van der Waals surface area contributed by atoms with Crippen LogP contribution in [0.4, 0.5) is 0 Å². The van der Waals surface area contributed by atoms with Crippen LogP contribution in [-0.2, 0) is 11.2 Å². The van der Waals surface area contributed by atoms with Gasteiger partial charge in [0.05, 0.1) is 11.6 Å². The fourth-order valence-electron chi connectivity index (χ4n) is 2.30. The number of carboxylic acids is 1. The second-order valence-corrected chi connectivity index (χ2v) is 4.93. The number of nitriles is 1. The van der Waals surface area contributed by atoms with E-state index in [0.717, 1.165) is 24.9 Å². The van der Waals surface area contributed by atoms with Crippen molar-refractivity contribution in [1.29, 1.82) is 5.26 Å². The summed E-state index contributed by atoms with van der Waals surface area (Å²) in [6.45, 7) is 1.56. The minimum Gasteiger partial charge on any atom is -0.492 e. The van der Waals surface area contributed by atoms with Crippen molar-refractivity contribution >= 4 is 5.97 Å². The lowest BCUT2D eigenvalue weighted by Crippen LogP contribution is -2.28. The average molecular weight is 274 g/mol. The Kier molecular flexibility index (Phi) is 4.97. The second-order valence-electron chi connectivity index (χ2n) is 4.93. The maximum absolute atomic E-state index is 10.7. The number of carboxylic acid groups (broad SMARTS) is 1. The van der Waals surface area contributed by atoms with Gasteiger partial charge in [-0.15, -0.1) is 0 Å². The van der Waals surface area contributed by atoms with Crippen molar-refractivity contribution in [2.45, 2.75) is 31.7 Å². The van der Waals surface area contributed by atoms with E-state index in [1.807, 2.05) is 0 Å². The van der Waals surface area contributed by atoms with E-state index in [1.54, 1.807) is 18.2 Å². The Morgan fingerprint density at radius 2 is 2.40 bits per heavy atom. The molecule has 20 heavy (non-hydrogen) atoms. The van der Waals surface area contributed by atoms with Gasteiger partial charge in [0, 0.05) is 12.5 Å². The van der Waals surface area contributed by atoms with E-state index in [-0.39, 0.29) is 6.42 Å². The first-order chi connectivity index (χ1) is 9.69. The van der Waals surface area contributed by atoms with Gasteiger partial charge in [-0.05, 0) is 43.5 Å². The Labute approximate surface area is 118 Å². The van der Waals surface area contributed by atoms with Gasteiger partial charge in [-0.3, -0.25) is 4.79 Å². The van der Waals surface area contributed by atoms with Gasteiger partial charge in [0.25, 0.3) is 0 Å². The zero-order chi connectivity index (χ0) is 14.4. The van der Waals surface area contributed by atoms with Gasteiger partial charge < -0.3 is 15.2 Å². The molecule has 0 radical (unpaired) electrons. The first-order valence-electron chi connectivity index (χ1n) is 6.80. The Hall–Kier alpha value is -2.06. The number of rotatable bonds is 6. The Morgan fingerprint density at radius 1 is 1.55 bits per heavy atom. The molecule has 0 unspecified atom stereocenters. The molecule has 1 heterocycles. The minimum absolute atomic E-state index is 0.0595. The molecule has 1 fully saturated rings. The highest BCUT2D eigenvalue weighted by atomic mass is 16.5. The van der Waals surface area contributed by atoms with Crippen LogP contribution in [0, 0.1) is 11.3 Å². The van der Waals surface area contributed by atoms with Gasteiger partial charge in [-0.2, -0.15) is 5.26 Å². The molecule has 1 aromatic rings. The molecule has 5 heteroatoms. The highest BCUT2D eigenvalue weighted by molar-refractivity contribution is 5.67. The molecule has 106 valence electrons. The van der Waals surface area contributed by atoms with Crippen molar-refractivity contribution in [3.8, 4) is 11.8 Å². The summed E-state index contributed by atoms with van der Waals surface area (Å²) in [5.74, 6) is -0.211. The number of ether oxygens (including phenoxy) is 1. The van der Waals surface area contributed by atoms with Crippen molar-refractivity contribution in [2.75, 3.05) is 13.2 Å². The lowest BCUT2D eigenvalue weighted by molar-refractivity contribution is -0.136. The van der Waals surface area contributed by atoms with E-state index in [0.29, 0.717) is 30.4 Å². The van der Waals surface area contributed by atoms with E-state index >= 15 is 0 Å². The maximum atomic E-state index is 10.7. The third kappa shape index (κ3) is 3.97. The van der Waals surface area contributed by atoms with Gasteiger partial charge in [-0.25, -0.2) is 0 Å². The molecule has 2 N–H and O–H groups in total. The molecule has 1 aromatic carbocycles. The number of aryl methyl sites for hydroxylation is 1. The van der Waals surface area contributed by atoms with Crippen LogP contribution in [0.5, 0.6) is 5.75 Å². The summed E-state index contributed by atoms with van der Waals surface area (Å²) < 4.78 is 5.79. The molecule has 1 saturated heterocycles. The summed E-state index contributed by atoms with van der Waals surface area (Å²) in [7, 11) is 0. The SMILES string of the molecule is N#Cc1ccc(CCC(=O)O)c(OC[C@H]2CCCN2)c1. The number of hydrogen-bond donors (Lipinski definition) is 2. The molecule has 5 nitrogen and oxygen atoms in total. The number of benzene rings is 1. The molecule has 0 bridgehead atoms. The fourth-order valence-corrected chi connectivity index (χ4v) is 2.30. The molecule has 1 aliphatic heterocycles. The first kappa shape index (κ1) is 14.4. The van der Waals surface area contributed by atoms with Crippen LogP contribution in [0.15, 0.2) is 18.2 Å². The average Bonchev–Trinajstić information content (AvgIpc) is 2.96. The number of nitrogens with zero attached hydrogens (tertiary/aromatic N) is 1. The Morgan fingerprint density at radius 3 is 3.05 bits per heavy atom. The van der Waals surface area contributed by atoms with E-state index < -0.39 is 5.97 Å². The molecule has 0 aliphatic carbocycles. The summed E-state index contributed by atoms with van der Waals surface area (Å²) in [5.41, 5.74) is 1.36. The van der Waals surface area contributed by atoms with Crippen LogP contribution >= 0.6 is 0 Å². The van der Waals surface area contributed by atoms with Crippen LogP contribution in [-0.4, -0.2) is 30.3 Å². The number of nitrogens with one attached hydrogen (secondary N) is 1. The van der Waals surface area contributed by atoms with Crippen LogP contribution < -0.4 is 10.1 Å². The number of hydrogen-bond acceptors (Lipinski definition) is 4. The lowest BCUT2D eigenvalue weighted by atomic mass is 10.1. The smallest absolute Gasteiger partial charge is 0.303 e. The predicted molar refractivity (Wildman–Crippen MR) is 73.6 cm³/mol. The quantitative estimate of drug-likeness (QED) is 0.825. The summed E-state index contributed by atoms with van der Waals surface area (Å²) in [6.07, 6.45) is 2.71. The Balaban J connectivity index is 2.05. The number of aliphatic carboxylic acids is 1. The molecule has 0 spiro atoms. The molecule has 0 amide bonds. The summed E-state index contributed by atoms with van der Waals surface area (Å²) >= 11 is 0. The lowest BCUT2D eigenvalue weighted by Gasteiger charge is -2.15. The van der Waals surface area contributed by atoms with E-state index in [1.165, 1.54) is 0 Å². The molecule has 0 aromatic heterocycles. The summed E-state index contributed by atoms with van der Waals surface area (Å²) in [6, 6.07) is 7.57. The molecule has 0 saturated carbocycles. The fraction of sp³-hybridized carbons (Fsp3) is 0.467. The molecular weight excluding hydrogens is 256 g/mol. The van der Waals surface area contributed by atoms with Gasteiger partial charge in [0.1, 0.15) is 12.4 Å². The summed E-state index contributed by atoms with van der Waals surface area (Å²) in [5, 5.41) is 21.0. The second kappa shape index (κ2) is 6.92. The normalized spacial score (nSPS) is 17.6. The van der Waals surface area contributed by atoms with Crippen LogP contribution in [0.1, 0.15) is 30.4 Å². The standard InChI is InChI=1S/C15H18N2O3/c16-9-11-3-4-12(5-6-15(18)19)14(8-11)20-10-13-2-1-7-17-13/h3-4,8,13,17H,1-2,5-7,10H2,(H,18,19)/t13-/m1/s1. The Bertz CT molecular complexity index is 516. The zero-order valence-electron chi connectivity index (χ0n) is 11.3. The molecule has 2 rings (SSSR count). The van der Waals surface area contributed by atoms with Gasteiger partial charge in [0.2, 0.25) is 0 Å². The third-order valence-corrected chi connectivity index (χ3v) is 3.41. The van der Waals surface area contributed by atoms with Crippen molar-refractivity contribution in [1.82, 2.24) is 5.32 Å².